The van der Waals surface area contributed by atoms with Gasteiger partial charge in [0.1, 0.15) is 0 Å². The Kier molecular flexibility index (Phi) is 4.45. The van der Waals surface area contributed by atoms with Gasteiger partial charge in [-0.2, -0.15) is 5.10 Å². The second-order valence-corrected chi connectivity index (χ2v) is 7.67. The van der Waals surface area contributed by atoms with Gasteiger partial charge in [0.15, 0.2) is 0 Å². The number of aryl methyl sites for hydroxylation is 1. The molecule has 1 aliphatic carbocycles. The minimum Gasteiger partial charge on any atom is -0.326 e. The molecule has 0 spiro atoms. The Morgan fingerprint density at radius 1 is 1.07 bits per heavy atom. The van der Waals surface area contributed by atoms with Gasteiger partial charge in [-0.1, -0.05) is 36.4 Å². The Morgan fingerprint density at radius 2 is 1.89 bits per heavy atom. The third kappa shape index (κ3) is 3.22. The summed E-state index contributed by atoms with van der Waals surface area (Å²) in [6.07, 6.45) is 7.51. The van der Waals surface area contributed by atoms with Crippen molar-refractivity contribution in [3.63, 3.8) is 0 Å². The van der Waals surface area contributed by atoms with Crippen molar-refractivity contribution in [1.29, 1.82) is 0 Å². The van der Waals surface area contributed by atoms with E-state index < -0.39 is 0 Å². The minimum atomic E-state index is 0.412. The molecule has 1 unspecified atom stereocenters. The van der Waals surface area contributed by atoms with Gasteiger partial charge < -0.3 is 9.88 Å². The number of nitrogens with zero attached hydrogens (tertiary/aromatic N) is 4. The van der Waals surface area contributed by atoms with Crippen LogP contribution in [0.2, 0.25) is 0 Å². The zero-order chi connectivity index (χ0) is 18.9. The summed E-state index contributed by atoms with van der Waals surface area (Å²) in [4.78, 5) is 4.48. The number of hydrogen-bond donors (Lipinski definition) is 1. The molecule has 0 amide bonds. The summed E-state index contributed by atoms with van der Waals surface area (Å²) in [6.45, 7) is 1.73. The lowest BCUT2D eigenvalue weighted by molar-refractivity contribution is 0.452. The quantitative estimate of drug-likeness (QED) is 0.577. The van der Waals surface area contributed by atoms with Gasteiger partial charge in [0.2, 0.25) is 0 Å². The first-order chi connectivity index (χ1) is 13.8. The minimum absolute atomic E-state index is 0.412. The zero-order valence-electron chi connectivity index (χ0n) is 16.2. The van der Waals surface area contributed by atoms with Gasteiger partial charge in [0, 0.05) is 37.4 Å². The van der Waals surface area contributed by atoms with Crippen LogP contribution >= 0.6 is 0 Å². The Bertz CT molecular complexity index is 1090. The summed E-state index contributed by atoms with van der Waals surface area (Å²) in [5.41, 5.74) is 7.58. The largest absolute Gasteiger partial charge is 0.326 e. The van der Waals surface area contributed by atoms with Gasteiger partial charge in [-0.25, -0.2) is 4.98 Å². The fourth-order valence-corrected chi connectivity index (χ4v) is 4.25. The second kappa shape index (κ2) is 7.24. The maximum Gasteiger partial charge on any atom is 0.0961 e. The van der Waals surface area contributed by atoms with Crippen molar-refractivity contribution in [3.8, 4) is 0 Å². The van der Waals surface area contributed by atoms with Crippen molar-refractivity contribution in [3.05, 3.63) is 83.4 Å². The molecule has 0 saturated carbocycles. The van der Waals surface area contributed by atoms with E-state index >= 15 is 0 Å². The van der Waals surface area contributed by atoms with Crippen molar-refractivity contribution >= 4 is 11.0 Å². The number of rotatable bonds is 5. The molecule has 5 nitrogen and oxygen atoms in total. The van der Waals surface area contributed by atoms with E-state index in [1.807, 2.05) is 30.3 Å². The SMILES string of the molecule is Cn1ncc2c1CCCC2NCc1ccc(Cn2cnc3ccccc32)cc1. The molecule has 1 N–H and O–H groups in total. The van der Waals surface area contributed by atoms with Gasteiger partial charge in [0.05, 0.1) is 23.6 Å². The van der Waals surface area contributed by atoms with Crippen LogP contribution in [0.3, 0.4) is 0 Å². The van der Waals surface area contributed by atoms with Crippen molar-refractivity contribution in [2.75, 3.05) is 0 Å². The third-order valence-corrected chi connectivity index (χ3v) is 5.83. The summed E-state index contributed by atoms with van der Waals surface area (Å²) < 4.78 is 4.23. The van der Waals surface area contributed by atoms with Crippen molar-refractivity contribution in [2.24, 2.45) is 7.05 Å². The molecule has 2 aromatic carbocycles. The molecule has 0 aliphatic heterocycles. The molecule has 0 radical (unpaired) electrons. The molecule has 5 rings (SSSR count). The van der Waals surface area contributed by atoms with E-state index in [0.29, 0.717) is 6.04 Å². The van der Waals surface area contributed by atoms with E-state index in [4.69, 9.17) is 0 Å². The first-order valence-electron chi connectivity index (χ1n) is 10.00. The fraction of sp³-hybridized carbons (Fsp3) is 0.304. The number of para-hydroxylation sites is 2. The number of hydrogen-bond acceptors (Lipinski definition) is 3. The molecule has 1 atom stereocenters. The molecule has 0 fully saturated rings. The standard InChI is InChI=1S/C23H25N5/c1-27-22-8-4-6-20(19(22)14-26-27)24-13-17-9-11-18(12-10-17)15-28-16-25-21-5-2-3-7-23(21)28/h2-3,5,7,9-12,14,16,20,24H,4,6,8,13,15H2,1H3. The highest BCUT2D eigenvalue weighted by Gasteiger charge is 2.22. The normalized spacial score (nSPS) is 16.4. The molecule has 4 aromatic rings. The average molecular weight is 371 g/mol. The number of imidazole rings is 1. The maximum absolute atomic E-state index is 4.48. The van der Waals surface area contributed by atoms with E-state index in [0.717, 1.165) is 25.0 Å². The molecule has 0 saturated heterocycles. The highest BCUT2D eigenvalue weighted by Crippen LogP contribution is 2.29. The number of aromatic nitrogens is 4. The monoisotopic (exact) mass is 371 g/mol. The number of benzene rings is 2. The Labute approximate surface area is 165 Å². The van der Waals surface area contributed by atoms with Crippen LogP contribution in [0.25, 0.3) is 11.0 Å². The predicted molar refractivity (Wildman–Crippen MR) is 111 cm³/mol. The molecule has 28 heavy (non-hydrogen) atoms. The van der Waals surface area contributed by atoms with Gasteiger partial charge in [-0.05, 0) is 42.5 Å². The summed E-state index contributed by atoms with van der Waals surface area (Å²) in [7, 11) is 2.05. The van der Waals surface area contributed by atoms with Crippen molar-refractivity contribution in [1.82, 2.24) is 24.6 Å². The van der Waals surface area contributed by atoms with Crippen LogP contribution in [0.5, 0.6) is 0 Å². The van der Waals surface area contributed by atoms with Crippen LogP contribution in [-0.2, 0) is 26.6 Å². The van der Waals surface area contributed by atoms with E-state index in [1.54, 1.807) is 0 Å². The lowest BCUT2D eigenvalue weighted by Gasteiger charge is -2.24. The van der Waals surface area contributed by atoms with Crippen molar-refractivity contribution in [2.45, 2.75) is 38.4 Å². The molecular weight excluding hydrogens is 346 g/mol. The lowest BCUT2D eigenvalue weighted by Crippen LogP contribution is -2.24. The van der Waals surface area contributed by atoms with E-state index in [-0.39, 0.29) is 0 Å². The van der Waals surface area contributed by atoms with Crippen LogP contribution in [0.4, 0.5) is 0 Å². The second-order valence-electron chi connectivity index (χ2n) is 7.67. The summed E-state index contributed by atoms with van der Waals surface area (Å²) >= 11 is 0. The van der Waals surface area contributed by atoms with E-state index in [1.165, 1.54) is 40.7 Å². The van der Waals surface area contributed by atoms with E-state index in [2.05, 4.69) is 62.4 Å². The first-order valence-corrected chi connectivity index (χ1v) is 10.00. The third-order valence-electron chi connectivity index (χ3n) is 5.83. The highest BCUT2D eigenvalue weighted by molar-refractivity contribution is 5.75. The zero-order valence-corrected chi connectivity index (χ0v) is 16.2. The average Bonchev–Trinajstić information content (AvgIpc) is 3.32. The molecule has 1 aliphatic rings. The van der Waals surface area contributed by atoms with E-state index in [9.17, 15) is 0 Å². The predicted octanol–water partition coefficient (Wildman–Crippen LogP) is 3.99. The Hall–Kier alpha value is -2.92. The molecule has 5 heteroatoms. The van der Waals surface area contributed by atoms with Crippen LogP contribution < -0.4 is 5.32 Å². The number of fused-ring (bicyclic) bond motifs is 2. The summed E-state index contributed by atoms with van der Waals surface area (Å²) in [6, 6.07) is 17.6. The van der Waals surface area contributed by atoms with Gasteiger partial charge >= 0.3 is 0 Å². The molecule has 142 valence electrons. The highest BCUT2D eigenvalue weighted by atomic mass is 15.3. The van der Waals surface area contributed by atoms with Gasteiger partial charge in [0.25, 0.3) is 0 Å². The van der Waals surface area contributed by atoms with Gasteiger partial charge in [-0.3, -0.25) is 4.68 Å². The first kappa shape index (κ1) is 17.2. The number of nitrogens with one attached hydrogen (secondary N) is 1. The smallest absolute Gasteiger partial charge is 0.0961 e. The summed E-state index contributed by atoms with van der Waals surface area (Å²) in [5, 5.41) is 8.17. The molecular formula is C23H25N5. The molecule has 2 heterocycles. The fourth-order valence-electron chi connectivity index (χ4n) is 4.25. The van der Waals surface area contributed by atoms with Crippen LogP contribution in [0, 0.1) is 0 Å². The molecule has 0 bridgehead atoms. The Balaban J connectivity index is 1.25. The lowest BCUT2D eigenvalue weighted by atomic mass is 9.93. The van der Waals surface area contributed by atoms with Crippen LogP contribution in [0.1, 0.15) is 41.3 Å². The Morgan fingerprint density at radius 3 is 2.79 bits per heavy atom. The van der Waals surface area contributed by atoms with Crippen molar-refractivity contribution < 1.29 is 0 Å². The molecule has 2 aromatic heterocycles. The van der Waals surface area contributed by atoms with Crippen LogP contribution in [-0.4, -0.2) is 19.3 Å². The maximum atomic E-state index is 4.48. The topological polar surface area (TPSA) is 47.7 Å². The summed E-state index contributed by atoms with van der Waals surface area (Å²) in [5.74, 6) is 0. The van der Waals surface area contributed by atoms with Gasteiger partial charge in [-0.15, -0.1) is 0 Å². The van der Waals surface area contributed by atoms with Crippen LogP contribution in [0.15, 0.2) is 61.1 Å².